The first-order chi connectivity index (χ1) is 20.2. The van der Waals surface area contributed by atoms with Crippen molar-refractivity contribution >= 4 is 32.7 Å². The molecule has 2 saturated heterocycles. The van der Waals surface area contributed by atoms with Crippen molar-refractivity contribution in [2.75, 3.05) is 48.8 Å². The van der Waals surface area contributed by atoms with Crippen molar-refractivity contribution in [2.45, 2.75) is 61.5 Å². The molecule has 1 unspecified atom stereocenters. The molecule has 3 aromatic rings. The van der Waals surface area contributed by atoms with E-state index in [1.165, 1.54) is 25.9 Å². The number of aliphatic imine (C=N–C) groups is 1. The van der Waals surface area contributed by atoms with E-state index in [4.69, 9.17) is 15.5 Å². The number of hydrogen-bond donors (Lipinski definition) is 4. The van der Waals surface area contributed by atoms with Crippen molar-refractivity contribution in [3.63, 3.8) is 0 Å². The van der Waals surface area contributed by atoms with Crippen molar-refractivity contribution in [3.05, 3.63) is 66.0 Å². The lowest BCUT2D eigenvalue weighted by molar-refractivity contribution is 0.208. The number of H-pyrrole nitrogens is 1. The van der Waals surface area contributed by atoms with Gasteiger partial charge in [0.1, 0.15) is 11.4 Å². The van der Waals surface area contributed by atoms with Gasteiger partial charge >= 0.3 is 0 Å². The molecule has 0 spiro atoms. The van der Waals surface area contributed by atoms with E-state index < -0.39 is 20.9 Å². The summed E-state index contributed by atoms with van der Waals surface area (Å²) in [7, 11) is -1.89. The zero-order valence-corrected chi connectivity index (χ0v) is 25.4. The van der Waals surface area contributed by atoms with Gasteiger partial charge in [0.25, 0.3) is 0 Å². The summed E-state index contributed by atoms with van der Waals surface area (Å²) in [5, 5.41) is 6.06. The van der Waals surface area contributed by atoms with Gasteiger partial charge in [-0.1, -0.05) is 12.1 Å². The predicted octanol–water partition coefficient (Wildman–Crippen LogP) is 4.32. The summed E-state index contributed by atoms with van der Waals surface area (Å²) in [5.41, 5.74) is 10.6. The summed E-state index contributed by atoms with van der Waals surface area (Å²) in [4.78, 5) is 13.4. The number of ether oxygens (including phenoxy) is 1. The largest absolute Gasteiger partial charge is 0.496 e. The van der Waals surface area contributed by atoms with Gasteiger partial charge in [-0.15, -0.1) is 0 Å². The van der Waals surface area contributed by atoms with Crippen molar-refractivity contribution < 1.29 is 13.2 Å². The maximum absolute atomic E-state index is 13.1. The van der Waals surface area contributed by atoms with E-state index in [9.17, 15) is 8.42 Å². The number of aromatic nitrogens is 1. The van der Waals surface area contributed by atoms with Gasteiger partial charge in [-0.05, 0) is 83.0 Å². The van der Waals surface area contributed by atoms with E-state index in [0.717, 1.165) is 37.3 Å². The van der Waals surface area contributed by atoms with Crippen LogP contribution in [0, 0.1) is 0 Å². The molecule has 0 bridgehead atoms. The first kappa shape index (κ1) is 28.6. The number of nitrogens with two attached hydrogens (primary N) is 1. The molecule has 1 aromatic heterocycles. The molecule has 1 atom stereocenters. The number of fused-ring (bicyclic) bond motifs is 1. The third kappa shape index (κ3) is 5.25. The van der Waals surface area contributed by atoms with Crippen LogP contribution in [0.4, 0.5) is 17.1 Å². The van der Waals surface area contributed by atoms with E-state index in [1.54, 1.807) is 51.4 Å². The second kappa shape index (κ2) is 11.3. The van der Waals surface area contributed by atoms with Crippen LogP contribution in [0.1, 0.15) is 50.8 Å². The molecule has 6 rings (SSSR count). The minimum Gasteiger partial charge on any atom is -0.496 e. The highest BCUT2D eigenvalue weighted by atomic mass is 32.2. The summed E-state index contributed by atoms with van der Waals surface area (Å²) in [6, 6.07) is 15.5. The third-order valence-corrected chi connectivity index (χ3v) is 11.0. The fraction of sp³-hybridized carbons (Fsp3) is 0.452. The number of rotatable bonds is 7. The van der Waals surface area contributed by atoms with E-state index in [0.29, 0.717) is 34.6 Å². The van der Waals surface area contributed by atoms with E-state index >= 15 is 0 Å². The Morgan fingerprint density at radius 1 is 1.07 bits per heavy atom. The highest BCUT2D eigenvalue weighted by Gasteiger charge is 2.37. The summed E-state index contributed by atoms with van der Waals surface area (Å²) in [6.45, 7) is 7.83. The molecule has 0 aliphatic carbocycles. The molecule has 0 saturated carbocycles. The molecular weight excluding hydrogens is 550 g/mol. The molecular formula is C31H41N7O3S. The molecule has 224 valence electrons. The average Bonchev–Trinajstić information content (AvgIpc) is 3.70. The van der Waals surface area contributed by atoms with Crippen LogP contribution in [0.3, 0.4) is 0 Å². The summed E-state index contributed by atoms with van der Waals surface area (Å²) >= 11 is 0. The number of hydrogen-bond acceptors (Lipinski definition) is 9. The van der Waals surface area contributed by atoms with Gasteiger partial charge in [0, 0.05) is 37.1 Å². The molecule has 4 heterocycles. The fourth-order valence-corrected chi connectivity index (χ4v) is 7.54. The number of methoxy groups -OCH3 is 1. The first-order valence-corrected chi connectivity index (χ1v) is 16.4. The Balaban J connectivity index is 1.30. The van der Waals surface area contributed by atoms with Crippen LogP contribution in [0.25, 0.3) is 0 Å². The third-order valence-electron chi connectivity index (χ3n) is 8.75. The Hall–Kier alpha value is -3.54. The maximum atomic E-state index is 13.1. The quantitative estimate of drug-likeness (QED) is 0.320. The lowest BCUT2D eigenvalue weighted by Gasteiger charge is -2.38. The number of sulfone groups is 1. The summed E-state index contributed by atoms with van der Waals surface area (Å²) in [6.07, 6.45) is 6.76. The zero-order valence-electron chi connectivity index (χ0n) is 24.6. The van der Waals surface area contributed by atoms with Crippen LogP contribution in [0.15, 0.2) is 64.6 Å². The molecule has 0 amide bonds. The summed E-state index contributed by atoms with van der Waals surface area (Å²) < 4.78 is 32.1. The Morgan fingerprint density at radius 2 is 1.81 bits per heavy atom. The standard InChI is InChI=1S/C31H41N7O3S/c1-21(2)42(39,40)28-9-5-4-8-25(28)34-30-29-26(12-15-33-29)35-31(32,36-30)24-11-10-23(20-27(24)41-3)38-18-13-22(14-19-38)37-16-6-7-17-37/h4-5,8-12,15,20-22,33,35H,6-7,13-14,16-19,32H2,1-3H3,(H,34,36). The van der Waals surface area contributed by atoms with E-state index in [-0.39, 0.29) is 4.90 Å². The molecule has 5 N–H and O–H groups in total. The smallest absolute Gasteiger partial charge is 0.215 e. The van der Waals surface area contributed by atoms with Gasteiger partial charge in [-0.3, -0.25) is 5.73 Å². The van der Waals surface area contributed by atoms with Crippen LogP contribution >= 0.6 is 0 Å². The van der Waals surface area contributed by atoms with Crippen LogP contribution in [0.5, 0.6) is 5.75 Å². The molecule has 42 heavy (non-hydrogen) atoms. The maximum Gasteiger partial charge on any atom is 0.215 e. The first-order valence-electron chi connectivity index (χ1n) is 14.8. The number of nitrogens with one attached hydrogen (secondary N) is 3. The van der Waals surface area contributed by atoms with Gasteiger partial charge in [-0.2, -0.15) is 0 Å². The van der Waals surface area contributed by atoms with Gasteiger partial charge in [0.05, 0.1) is 34.2 Å². The Morgan fingerprint density at radius 3 is 2.52 bits per heavy atom. The Labute approximate surface area is 248 Å². The number of anilines is 3. The van der Waals surface area contributed by atoms with Crippen molar-refractivity contribution in [1.29, 1.82) is 0 Å². The molecule has 0 radical (unpaired) electrons. The second-order valence-electron chi connectivity index (χ2n) is 11.7. The van der Waals surface area contributed by atoms with Gasteiger partial charge in [-0.25, -0.2) is 13.4 Å². The molecule has 10 nitrogen and oxygen atoms in total. The lowest BCUT2D eigenvalue weighted by atomic mass is 10.0. The molecule has 3 aliphatic heterocycles. The van der Waals surface area contributed by atoms with Crippen molar-refractivity contribution in [1.82, 2.24) is 9.88 Å². The SMILES string of the molecule is COc1cc(N2CCC(N3CCCC3)CC2)ccc1C1(N)N=C(Nc2ccccc2S(=O)(=O)C(C)C)c2[nH]ccc2N1. The molecule has 2 fully saturated rings. The van der Waals surface area contributed by atoms with Gasteiger partial charge in [0.15, 0.2) is 15.7 Å². The number of piperidine rings is 1. The highest BCUT2D eigenvalue weighted by molar-refractivity contribution is 7.92. The Kier molecular flexibility index (Phi) is 7.67. The lowest BCUT2D eigenvalue weighted by Crippen LogP contribution is -2.47. The van der Waals surface area contributed by atoms with Crippen molar-refractivity contribution in [2.24, 2.45) is 10.7 Å². The number of para-hydroxylation sites is 1. The average molecular weight is 592 g/mol. The number of aromatic amines is 1. The number of benzene rings is 2. The van der Waals surface area contributed by atoms with Gasteiger partial charge < -0.3 is 30.2 Å². The normalized spacial score (nSPS) is 21.6. The van der Waals surface area contributed by atoms with Crippen LogP contribution in [0.2, 0.25) is 0 Å². The predicted molar refractivity (Wildman–Crippen MR) is 168 cm³/mol. The number of nitrogens with zero attached hydrogens (tertiary/aromatic N) is 3. The topological polar surface area (TPSA) is 128 Å². The minimum atomic E-state index is -3.54. The zero-order chi connectivity index (χ0) is 29.5. The number of likely N-dealkylation sites (tertiary alicyclic amines) is 1. The molecule has 3 aliphatic rings. The second-order valence-corrected chi connectivity index (χ2v) is 14.2. The molecule has 2 aromatic carbocycles. The number of amidine groups is 1. The molecule has 11 heteroatoms. The highest BCUT2D eigenvalue weighted by Crippen LogP contribution is 2.38. The van der Waals surface area contributed by atoms with E-state index in [1.807, 2.05) is 18.2 Å². The Bertz CT molecular complexity index is 1570. The van der Waals surface area contributed by atoms with Crippen LogP contribution in [-0.4, -0.2) is 68.7 Å². The summed E-state index contributed by atoms with van der Waals surface area (Å²) in [5.74, 6) is -0.303. The monoisotopic (exact) mass is 591 g/mol. The van der Waals surface area contributed by atoms with Crippen LogP contribution < -0.4 is 26.0 Å². The fourth-order valence-electron chi connectivity index (χ4n) is 6.34. The van der Waals surface area contributed by atoms with Gasteiger partial charge in [0.2, 0.25) is 5.79 Å². The minimum absolute atomic E-state index is 0.215. The van der Waals surface area contributed by atoms with Crippen molar-refractivity contribution in [3.8, 4) is 5.75 Å². The van der Waals surface area contributed by atoms with Crippen LogP contribution in [-0.2, 0) is 15.6 Å². The van der Waals surface area contributed by atoms with E-state index in [2.05, 4.69) is 31.5 Å².